The van der Waals surface area contributed by atoms with Crippen molar-refractivity contribution < 1.29 is 4.79 Å². The summed E-state index contributed by atoms with van der Waals surface area (Å²) in [6.45, 7) is 5.79. The molecule has 1 aliphatic heterocycles. The second kappa shape index (κ2) is 7.81. The minimum Gasteiger partial charge on any atom is -0.356 e. The average Bonchev–Trinajstić information content (AvgIpc) is 3.42. The summed E-state index contributed by atoms with van der Waals surface area (Å²) in [7, 11) is 0. The van der Waals surface area contributed by atoms with Crippen molar-refractivity contribution in [1.82, 2.24) is 15.2 Å². The van der Waals surface area contributed by atoms with Crippen molar-refractivity contribution in [3.63, 3.8) is 0 Å². The molecule has 0 bridgehead atoms. The first-order chi connectivity index (χ1) is 13.2. The maximum absolute atomic E-state index is 13.0. The lowest BCUT2D eigenvalue weighted by Crippen LogP contribution is -2.44. The second-order valence-corrected chi connectivity index (χ2v) is 8.18. The Kier molecular flexibility index (Phi) is 5.26. The largest absolute Gasteiger partial charge is 0.356 e. The Morgan fingerprint density at radius 2 is 2.04 bits per heavy atom. The van der Waals surface area contributed by atoms with Crippen molar-refractivity contribution in [1.29, 1.82) is 0 Å². The number of amides is 1. The van der Waals surface area contributed by atoms with Crippen LogP contribution in [0.15, 0.2) is 48.8 Å². The van der Waals surface area contributed by atoms with Crippen molar-refractivity contribution >= 4 is 5.91 Å². The zero-order chi connectivity index (χ0) is 18.7. The minimum absolute atomic E-state index is 0.220. The van der Waals surface area contributed by atoms with E-state index in [9.17, 15) is 4.79 Å². The number of likely N-dealkylation sites (tertiary alicyclic amines) is 1. The predicted octanol–water partition coefficient (Wildman–Crippen LogP) is 3.53. The first-order valence-electron chi connectivity index (χ1n) is 10.2. The van der Waals surface area contributed by atoms with Gasteiger partial charge in [-0.05, 0) is 73.9 Å². The Hall–Kier alpha value is -2.20. The lowest BCUT2D eigenvalue weighted by Gasteiger charge is -2.28. The Morgan fingerprint density at radius 1 is 1.22 bits per heavy atom. The van der Waals surface area contributed by atoms with E-state index in [1.54, 1.807) is 0 Å². The van der Waals surface area contributed by atoms with Crippen LogP contribution in [-0.4, -0.2) is 42.0 Å². The van der Waals surface area contributed by atoms with E-state index in [4.69, 9.17) is 0 Å². The Balaban J connectivity index is 1.55. The molecule has 2 fully saturated rings. The van der Waals surface area contributed by atoms with Gasteiger partial charge in [0.25, 0.3) is 0 Å². The number of hydrogen-bond donors (Lipinski definition) is 1. The van der Waals surface area contributed by atoms with Gasteiger partial charge in [-0.2, -0.15) is 0 Å². The Labute approximate surface area is 162 Å². The zero-order valence-electron chi connectivity index (χ0n) is 16.2. The number of benzene rings is 1. The third-order valence-electron chi connectivity index (χ3n) is 5.95. The summed E-state index contributed by atoms with van der Waals surface area (Å²) in [4.78, 5) is 19.7. The molecular formula is C23H29N3O. The summed E-state index contributed by atoms with van der Waals surface area (Å²) in [5.41, 5.74) is 3.29. The molecule has 4 heteroatoms. The highest BCUT2D eigenvalue weighted by molar-refractivity contribution is 5.83. The molecule has 2 aromatic rings. The lowest BCUT2D eigenvalue weighted by molar-refractivity contribution is -0.130. The fraction of sp³-hybridized carbons (Fsp3) is 0.478. The van der Waals surface area contributed by atoms with Crippen molar-refractivity contribution in [2.75, 3.05) is 26.2 Å². The SMILES string of the molecule is CCNC(=O)[C@@]1(Cc2cccc(-c3ccncc3)c2)CCN(CC2CC2)C1. The smallest absolute Gasteiger partial charge is 0.227 e. The molecule has 0 spiro atoms. The molecule has 1 amide bonds. The number of nitrogens with one attached hydrogen (secondary N) is 1. The van der Waals surface area contributed by atoms with Crippen LogP contribution in [0.2, 0.25) is 0 Å². The maximum atomic E-state index is 13.0. The summed E-state index contributed by atoms with van der Waals surface area (Å²) in [5, 5.41) is 3.11. The molecule has 142 valence electrons. The molecule has 27 heavy (non-hydrogen) atoms. The van der Waals surface area contributed by atoms with Crippen LogP contribution < -0.4 is 5.32 Å². The Bertz CT molecular complexity index is 787. The second-order valence-electron chi connectivity index (χ2n) is 8.18. The van der Waals surface area contributed by atoms with Crippen LogP contribution in [0.25, 0.3) is 11.1 Å². The van der Waals surface area contributed by atoms with Gasteiger partial charge >= 0.3 is 0 Å². The van der Waals surface area contributed by atoms with E-state index in [2.05, 4.69) is 39.5 Å². The van der Waals surface area contributed by atoms with Crippen molar-refractivity contribution in [3.8, 4) is 11.1 Å². The molecule has 2 aliphatic rings. The molecule has 0 radical (unpaired) electrons. The van der Waals surface area contributed by atoms with E-state index in [1.807, 2.05) is 31.5 Å². The number of aromatic nitrogens is 1. The first kappa shape index (κ1) is 18.2. The molecule has 1 aromatic carbocycles. The number of carbonyl (C=O) groups excluding carboxylic acids is 1. The molecule has 1 aliphatic carbocycles. The minimum atomic E-state index is -0.304. The summed E-state index contributed by atoms with van der Waals surface area (Å²) >= 11 is 0. The quantitative estimate of drug-likeness (QED) is 0.818. The van der Waals surface area contributed by atoms with Gasteiger partial charge < -0.3 is 10.2 Å². The van der Waals surface area contributed by atoms with Crippen LogP contribution >= 0.6 is 0 Å². The van der Waals surface area contributed by atoms with E-state index >= 15 is 0 Å². The molecule has 2 heterocycles. The lowest BCUT2D eigenvalue weighted by atomic mass is 9.79. The van der Waals surface area contributed by atoms with Gasteiger partial charge in [0.05, 0.1) is 5.41 Å². The van der Waals surface area contributed by atoms with E-state index in [0.29, 0.717) is 6.54 Å². The number of carbonyl (C=O) groups is 1. The van der Waals surface area contributed by atoms with Gasteiger partial charge in [0.15, 0.2) is 0 Å². The molecule has 4 nitrogen and oxygen atoms in total. The maximum Gasteiger partial charge on any atom is 0.227 e. The monoisotopic (exact) mass is 363 g/mol. The number of hydrogen-bond acceptors (Lipinski definition) is 3. The molecule has 1 aromatic heterocycles. The molecule has 1 saturated carbocycles. The van der Waals surface area contributed by atoms with Gasteiger partial charge in [0.1, 0.15) is 0 Å². The highest BCUT2D eigenvalue weighted by Gasteiger charge is 2.45. The highest BCUT2D eigenvalue weighted by Crippen LogP contribution is 2.38. The summed E-state index contributed by atoms with van der Waals surface area (Å²) in [6, 6.07) is 12.7. The van der Waals surface area contributed by atoms with Gasteiger partial charge in [0, 0.05) is 32.0 Å². The van der Waals surface area contributed by atoms with Crippen LogP contribution in [0.4, 0.5) is 0 Å². The van der Waals surface area contributed by atoms with E-state index in [0.717, 1.165) is 38.4 Å². The van der Waals surface area contributed by atoms with Crippen LogP contribution in [0.5, 0.6) is 0 Å². The van der Waals surface area contributed by atoms with Gasteiger partial charge in [-0.15, -0.1) is 0 Å². The fourth-order valence-corrected chi connectivity index (χ4v) is 4.33. The standard InChI is InChI=1S/C23H29N3O/c1-2-25-22(27)23(10-13-26(17-23)16-18-6-7-18)15-19-4-3-5-21(14-19)20-8-11-24-12-9-20/h3-5,8-9,11-12,14,18H,2,6-7,10,13,15-17H2,1H3,(H,25,27)/t23-/m1/s1. The number of pyridine rings is 1. The van der Waals surface area contributed by atoms with Gasteiger partial charge in [0.2, 0.25) is 5.91 Å². The summed E-state index contributed by atoms with van der Waals surface area (Å²) in [6.07, 6.45) is 8.12. The average molecular weight is 364 g/mol. The topological polar surface area (TPSA) is 45.2 Å². The summed E-state index contributed by atoms with van der Waals surface area (Å²) in [5.74, 6) is 1.09. The van der Waals surface area contributed by atoms with Gasteiger partial charge in [-0.25, -0.2) is 0 Å². The van der Waals surface area contributed by atoms with E-state index < -0.39 is 0 Å². The first-order valence-corrected chi connectivity index (χ1v) is 10.2. The van der Waals surface area contributed by atoms with Crippen molar-refractivity contribution in [2.45, 2.75) is 32.6 Å². The zero-order valence-corrected chi connectivity index (χ0v) is 16.2. The normalized spacial score (nSPS) is 22.7. The Morgan fingerprint density at radius 3 is 2.78 bits per heavy atom. The highest BCUT2D eigenvalue weighted by atomic mass is 16.2. The van der Waals surface area contributed by atoms with Crippen LogP contribution in [-0.2, 0) is 11.2 Å². The molecule has 4 rings (SSSR count). The third kappa shape index (κ3) is 4.22. The third-order valence-corrected chi connectivity index (χ3v) is 5.95. The van der Waals surface area contributed by atoms with E-state index in [1.165, 1.54) is 29.5 Å². The fourth-order valence-electron chi connectivity index (χ4n) is 4.33. The van der Waals surface area contributed by atoms with Crippen molar-refractivity contribution in [2.24, 2.45) is 11.3 Å². The molecule has 1 N–H and O–H groups in total. The summed E-state index contributed by atoms with van der Waals surface area (Å²) < 4.78 is 0. The van der Waals surface area contributed by atoms with E-state index in [-0.39, 0.29) is 11.3 Å². The number of nitrogens with zero attached hydrogens (tertiary/aromatic N) is 2. The molecule has 1 saturated heterocycles. The van der Waals surface area contributed by atoms with Crippen LogP contribution in [0.3, 0.4) is 0 Å². The van der Waals surface area contributed by atoms with Gasteiger partial charge in [-0.1, -0.05) is 24.3 Å². The molecular weight excluding hydrogens is 334 g/mol. The van der Waals surface area contributed by atoms with Crippen LogP contribution in [0.1, 0.15) is 31.7 Å². The van der Waals surface area contributed by atoms with Crippen molar-refractivity contribution in [3.05, 3.63) is 54.4 Å². The van der Waals surface area contributed by atoms with Crippen LogP contribution in [0, 0.1) is 11.3 Å². The number of rotatable bonds is 7. The molecule has 1 atom stereocenters. The predicted molar refractivity (Wildman–Crippen MR) is 108 cm³/mol. The van der Waals surface area contributed by atoms with Gasteiger partial charge in [-0.3, -0.25) is 9.78 Å². The molecule has 0 unspecified atom stereocenters.